The first-order chi connectivity index (χ1) is 13.4. The fraction of sp³-hybridized carbons (Fsp3) is 0.190. The van der Waals surface area contributed by atoms with Crippen LogP contribution >= 0.6 is 15.9 Å². The van der Waals surface area contributed by atoms with E-state index in [9.17, 15) is 4.39 Å². The molecule has 3 heterocycles. The van der Waals surface area contributed by atoms with E-state index in [2.05, 4.69) is 20.9 Å². The summed E-state index contributed by atoms with van der Waals surface area (Å²) in [4.78, 5) is 13.8. The Hall–Kier alpha value is -2.80. The second kappa shape index (κ2) is 6.67. The average Bonchev–Trinajstić information content (AvgIpc) is 2.96. The van der Waals surface area contributed by atoms with Crippen molar-refractivity contribution in [3.63, 3.8) is 0 Å². The highest BCUT2D eigenvalue weighted by Crippen LogP contribution is 2.46. The van der Waals surface area contributed by atoms with Crippen LogP contribution in [-0.2, 0) is 5.54 Å². The minimum atomic E-state index is -1.07. The number of rotatable bonds is 3. The Morgan fingerprint density at radius 3 is 2.64 bits per heavy atom. The number of nitrogens with zero attached hydrogens (tertiary/aromatic N) is 3. The summed E-state index contributed by atoms with van der Waals surface area (Å²) in [5, 5.41) is 0. The molecule has 1 aliphatic rings. The topological polar surface area (TPSA) is 73.4 Å². The summed E-state index contributed by atoms with van der Waals surface area (Å²) in [5.41, 5.74) is 9.16. The van der Waals surface area contributed by atoms with Gasteiger partial charge in [0.1, 0.15) is 22.0 Å². The molecule has 3 aromatic rings. The van der Waals surface area contributed by atoms with E-state index in [4.69, 9.17) is 20.4 Å². The molecule has 0 aliphatic carbocycles. The minimum absolute atomic E-state index is 0.147. The molecule has 4 rings (SSSR count). The Labute approximate surface area is 170 Å². The van der Waals surface area contributed by atoms with Crippen molar-refractivity contribution in [1.82, 2.24) is 9.97 Å². The number of ether oxygens (including phenoxy) is 1. The number of amidine groups is 1. The van der Waals surface area contributed by atoms with E-state index < -0.39 is 11.4 Å². The first-order valence-corrected chi connectivity index (χ1v) is 9.47. The number of fused-ring (bicyclic) bond motifs is 1. The lowest BCUT2D eigenvalue weighted by atomic mass is 9.80. The van der Waals surface area contributed by atoms with Gasteiger partial charge in [0.2, 0.25) is 0 Å². The predicted molar refractivity (Wildman–Crippen MR) is 109 cm³/mol. The Balaban J connectivity index is 2.12. The lowest BCUT2D eigenvalue weighted by Crippen LogP contribution is -2.27. The molecule has 0 saturated carbocycles. The monoisotopic (exact) mass is 440 g/mol. The summed E-state index contributed by atoms with van der Waals surface area (Å²) in [6.45, 7) is 3.82. The molecular formula is C21H18BrFN4O. The number of hydrogen-bond donors (Lipinski definition) is 1. The van der Waals surface area contributed by atoms with Crippen LogP contribution in [0.25, 0.3) is 0 Å². The van der Waals surface area contributed by atoms with E-state index >= 15 is 0 Å². The first-order valence-electron chi connectivity index (χ1n) is 8.68. The van der Waals surface area contributed by atoms with E-state index in [1.165, 1.54) is 6.07 Å². The maximum absolute atomic E-state index is 14.6. The van der Waals surface area contributed by atoms with Gasteiger partial charge in [-0.3, -0.25) is 4.98 Å². The number of benzene rings is 1. The summed E-state index contributed by atoms with van der Waals surface area (Å²) >= 11 is 3.42. The molecule has 1 unspecified atom stereocenters. The summed E-state index contributed by atoms with van der Waals surface area (Å²) in [6, 6.07) is 10.5. The van der Waals surface area contributed by atoms with Gasteiger partial charge in [-0.1, -0.05) is 12.1 Å². The molecular weight excluding hydrogens is 423 g/mol. The Bertz CT molecular complexity index is 1110. The third-order valence-corrected chi connectivity index (χ3v) is 5.43. The van der Waals surface area contributed by atoms with Crippen LogP contribution in [-0.4, -0.2) is 22.9 Å². The molecule has 0 bridgehead atoms. The molecule has 0 radical (unpaired) electrons. The molecule has 0 saturated heterocycles. The van der Waals surface area contributed by atoms with Crippen LogP contribution in [0.5, 0.6) is 5.75 Å². The van der Waals surface area contributed by atoms with E-state index in [0.29, 0.717) is 27.2 Å². The smallest absolute Gasteiger partial charge is 0.156 e. The number of aliphatic imine (C=N–C) groups is 1. The molecule has 2 N–H and O–H groups in total. The number of halogens is 2. The Morgan fingerprint density at radius 2 is 1.96 bits per heavy atom. The van der Waals surface area contributed by atoms with Crippen LogP contribution in [0.3, 0.4) is 0 Å². The van der Waals surface area contributed by atoms with Crippen LogP contribution in [0.1, 0.15) is 33.6 Å². The van der Waals surface area contributed by atoms with Crippen molar-refractivity contribution in [2.75, 3.05) is 7.11 Å². The van der Waals surface area contributed by atoms with Gasteiger partial charge in [0, 0.05) is 11.8 Å². The number of methoxy groups -OCH3 is 1. The van der Waals surface area contributed by atoms with Gasteiger partial charge in [0.15, 0.2) is 5.54 Å². The van der Waals surface area contributed by atoms with Crippen molar-refractivity contribution in [1.29, 1.82) is 0 Å². The highest BCUT2D eigenvalue weighted by atomic mass is 79.9. The maximum atomic E-state index is 14.6. The zero-order chi connectivity index (χ0) is 20.1. The Kier molecular flexibility index (Phi) is 4.42. The van der Waals surface area contributed by atoms with Crippen molar-refractivity contribution < 1.29 is 9.13 Å². The van der Waals surface area contributed by atoms with Gasteiger partial charge in [-0.15, -0.1) is 0 Å². The van der Waals surface area contributed by atoms with Gasteiger partial charge in [0.25, 0.3) is 0 Å². The number of hydrogen-bond acceptors (Lipinski definition) is 5. The average molecular weight is 441 g/mol. The van der Waals surface area contributed by atoms with Crippen LogP contribution < -0.4 is 10.5 Å². The summed E-state index contributed by atoms with van der Waals surface area (Å²) in [6.07, 6.45) is 1.67. The molecule has 1 atom stereocenters. The molecule has 1 aromatic carbocycles. The van der Waals surface area contributed by atoms with Gasteiger partial charge in [-0.05, 0) is 65.2 Å². The van der Waals surface area contributed by atoms with E-state index in [1.54, 1.807) is 19.4 Å². The molecule has 7 heteroatoms. The zero-order valence-corrected chi connectivity index (χ0v) is 17.2. The van der Waals surface area contributed by atoms with Crippen LogP contribution in [0.15, 0.2) is 52.2 Å². The van der Waals surface area contributed by atoms with Crippen LogP contribution in [0.4, 0.5) is 4.39 Å². The van der Waals surface area contributed by atoms with Gasteiger partial charge in [0.05, 0.1) is 24.1 Å². The van der Waals surface area contributed by atoms with E-state index in [0.717, 1.165) is 16.8 Å². The summed E-state index contributed by atoms with van der Waals surface area (Å²) < 4.78 is 20.8. The third kappa shape index (κ3) is 2.61. The van der Waals surface area contributed by atoms with Crippen molar-refractivity contribution >= 4 is 21.8 Å². The van der Waals surface area contributed by atoms with Gasteiger partial charge >= 0.3 is 0 Å². The van der Waals surface area contributed by atoms with Crippen LogP contribution in [0.2, 0.25) is 0 Å². The fourth-order valence-corrected chi connectivity index (χ4v) is 4.25. The highest BCUT2D eigenvalue weighted by Gasteiger charge is 2.45. The third-order valence-electron chi connectivity index (χ3n) is 4.99. The summed E-state index contributed by atoms with van der Waals surface area (Å²) in [7, 11) is 1.61. The van der Waals surface area contributed by atoms with Crippen molar-refractivity contribution in [2.45, 2.75) is 19.4 Å². The molecule has 142 valence electrons. The van der Waals surface area contributed by atoms with Crippen molar-refractivity contribution in [2.24, 2.45) is 10.7 Å². The second-order valence-corrected chi connectivity index (χ2v) is 7.49. The number of aryl methyl sites for hydroxylation is 2. The zero-order valence-electron chi connectivity index (χ0n) is 15.6. The molecule has 0 amide bonds. The molecule has 0 spiro atoms. The number of nitrogens with two attached hydrogens (primary N) is 1. The van der Waals surface area contributed by atoms with Crippen molar-refractivity contribution in [3.8, 4) is 5.75 Å². The van der Waals surface area contributed by atoms with Crippen LogP contribution in [0, 0.1) is 19.7 Å². The predicted octanol–water partition coefficient (Wildman–Crippen LogP) is 4.01. The molecule has 2 aromatic heterocycles. The standard InChI is InChI=1S/C21H18BrFN4O/c1-11-9-16(26-12(2)19(11)28-3)21(13-7-8-25-17(22)10-13)14-5-4-6-15(23)18(14)20(24)27-21/h4-10H,1-3H3,(H2,24,27). The Morgan fingerprint density at radius 1 is 1.18 bits per heavy atom. The highest BCUT2D eigenvalue weighted by molar-refractivity contribution is 9.10. The minimum Gasteiger partial charge on any atom is -0.495 e. The maximum Gasteiger partial charge on any atom is 0.156 e. The first kappa shape index (κ1) is 18.6. The molecule has 1 aliphatic heterocycles. The molecule has 5 nitrogen and oxygen atoms in total. The molecule has 28 heavy (non-hydrogen) atoms. The van der Waals surface area contributed by atoms with Gasteiger partial charge in [-0.2, -0.15) is 0 Å². The lowest BCUT2D eigenvalue weighted by Gasteiger charge is -2.29. The lowest BCUT2D eigenvalue weighted by molar-refractivity contribution is 0.404. The van der Waals surface area contributed by atoms with Gasteiger partial charge < -0.3 is 10.5 Å². The quantitative estimate of drug-likeness (QED) is 0.624. The fourth-order valence-electron chi connectivity index (χ4n) is 3.89. The normalized spacial score (nSPS) is 18.0. The SMILES string of the molecule is COc1c(C)cc(C2(c3ccnc(Br)c3)N=C(N)c3c(F)cccc32)nc1C. The number of aromatic nitrogens is 2. The van der Waals surface area contributed by atoms with Gasteiger partial charge in [-0.25, -0.2) is 14.4 Å². The second-order valence-electron chi connectivity index (χ2n) is 6.68. The largest absolute Gasteiger partial charge is 0.495 e. The van der Waals surface area contributed by atoms with E-state index in [-0.39, 0.29) is 5.84 Å². The summed E-state index contributed by atoms with van der Waals surface area (Å²) in [5.74, 6) is 0.453. The molecule has 0 fully saturated rings. The number of pyridine rings is 2. The van der Waals surface area contributed by atoms with E-state index in [1.807, 2.05) is 38.1 Å². The van der Waals surface area contributed by atoms with Crippen molar-refractivity contribution in [3.05, 3.63) is 86.7 Å².